The molecular weight excluding hydrogens is 338 g/mol. The normalized spacial score (nSPS) is 11.4. The molecule has 2 aromatic carbocycles. The SMILES string of the molecule is Cc1cc(Cl)c(S(=O)(=O)Nc2cc(Cl)ccc2F)cc1N. The molecule has 0 heterocycles. The molecule has 0 bridgehead atoms. The zero-order valence-corrected chi connectivity index (χ0v) is 13.2. The van der Waals surface area contributed by atoms with E-state index in [1.165, 1.54) is 24.3 Å². The number of rotatable bonds is 3. The highest BCUT2D eigenvalue weighted by molar-refractivity contribution is 7.92. The van der Waals surface area contributed by atoms with Crippen LogP contribution in [-0.4, -0.2) is 8.42 Å². The fourth-order valence-corrected chi connectivity index (χ4v) is 3.50. The standard InChI is InChI=1S/C13H11Cl2FN2O2S/c1-7-4-9(15)13(6-11(7)17)21(19,20)18-12-5-8(14)2-3-10(12)16/h2-6,18H,17H2,1H3. The van der Waals surface area contributed by atoms with Crippen LogP contribution in [0.1, 0.15) is 5.56 Å². The highest BCUT2D eigenvalue weighted by atomic mass is 35.5. The summed E-state index contributed by atoms with van der Waals surface area (Å²) in [5.74, 6) is -0.751. The molecule has 0 radical (unpaired) electrons. The van der Waals surface area contributed by atoms with E-state index in [0.29, 0.717) is 5.56 Å². The van der Waals surface area contributed by atoms with Gasteiger partial charge in [-0.3, -0.25) is 4.72 Å². The lowest BCUT2D eigenvalue weighted by molar-refractivity contribution is 0.598. The number of sulfonamides is 1. The van der Waals surface area contributed by atoms with E-state index in [-0.39, 0.29) is 26.3 Å². The third-order valence-electron chi connectivity index (χ3n) is 2.78. The number of halogens is 3. The second-order valence-electron chi connectivity index (χ2n) is 4.37. The first kappa shape index (κ1) is 15.9. The average Bonchev–Trinajstić information content (AvgIpc) is 2.37. The molecule has 0 fully saturated rings. The Hall–Kier alpha value is -1.50. The van der Waals surface area contributed by atoms with Gasteiger partial charge in [0.05, 0.1) is 10.7 Å². The first-order chi connectivity index (χ1) is 9.70. The molecule has 0 aliphatic rings. The Kier molecular flexibility index (Phi) is 4.32. The van der Waals surface area contributed by atoms with Gasteiger partial charge in [0.15, 0.2) is 0 Å². The molecule has 0 spiro atoms. The number of aryl methyl sites for hydroxylation is 1. The smallest absolute Gasteiger partial charge is 0.263 e. The van der Waals surface area contributed by atoms with Crippen LogP contribution in [0.5, 0.6) is 0 Å². The van der Waals surface area contributed by atoms with Crippen LogP contribution < -0.4 is 10.5 Å². The van der Waals surface area contributed by atoms with Crippen molar-refractivity contribution >= 4 is 44.6 Å². The Morgan fingerprint density at radius 2 is 1.86 bits per heavy atom. The number of nitrogens with one attached hydrogen (secondary N) is 1. The summed E-state index contributed by atoms with van der Waals surface area (Å²) in [5, 5.41) is 0.195. The number of nitrogens with two attached hydrogens (primary N) is 1. The summed E-state index contributed by atoms with van der Waals surface area (Å²) < 4.78 is 40.3. The van der Waals surface area contributed by atoms with E-state index in [4.69, 9.17) is 28.9 Å². The number of nitrogen functional groups attached to an aromatic ring is 1. The van der Waals surface area contributed by atoms with Crippen molar-refractivity contribution in [3.63, 3.8) is 0 Å². The van der Waals surface area contributed by atoms with Crippen molar-refractivity contribution in [3.05, 3.63) is 51.8 Å². The van der Waals surface area contributed by atoms with Gasteiger partial charge < -0.3 is 5.73 Å². The molecule has 0 atom stereocenters. The van der Waals surface area contributed by atoms with Crippen LogP contribution in [-0.2, 0) is 10.0 Å². The second-order valence-corrected chi connectivity index (χ2v) is 6.86. The van der Waals surface area contributed by atoms with Crippen molar-refractivity contribution in [1.29, 1.82) is 0 Å². The van der Waals surface area contributed by atoms with Crippen molar-refractivity contribution in [1.82, 2.24) is 0 Å². The van der Waals surface area contributed by atoms with Crippen molar-refractivity contribution in [3.8, 4) is 0 Å². The van der Waals surface area contributed by atoms with Crippen molar-refractivity contribution in [2.75, 3.05) is 10.5 Å². The molecule has 21 heavy (non-hydrogen) atoms. The van der Waals surface area contributed by atoms with E-state index in [0.717, 1.165) is 6.07 Å². The lowest BCUT2D eigenvalue weighted by Gasteiger charge is -2.12. The summed E-state index contributed by atoms with van der Waals surface area (Å²) in [4.78, 5) is -0.230. The Bertz CT molecular complexity index is 810. The molecular formula is C13H11Cl2FN2O2S. The maximum Gasteiger partial charge on any atom is 0.263 e. The fourth-order valence-electron chi connectivity index (χ4n) is 1.65. The van der Waals surface area contributed by atoms with E-state index in [1.54, 1.807) is 6.92 Å². The second kappa shape index (κ2) is 5.71. The van der Waals surface area contributed by atoms with Crippen LogP contribution in [0, 0.1) is 12.7 Å². The first-order valence-corrected chi connectivity index (χ1v) is 7.98. The molecule has 0 saturated carbocycles. The minimum atomic E-state index is -4.08. The third kappa shape index (κ3) is 3.40. The van der Waals surface area contributed by atoms with Crippen molar-refractivity contribution in [2.45, 2.75) is 11.8 Å². The Morgan fingerprint density at radius 1 is 1.19 bits per heavy atom. The lowest BCUT2D eigenvalue weighted by atomic mass is 10.2. The van der Waals surface area contributed by atoms with E-state index < -0.39 is 15.8 Å². The number of anilines is 2. The van der Waals surface area contributed by atoms with Gasteiger partial charge in [-0.2, -0.15) is 0 Å². The van der Waals surface area contributed by atoms with Crippen molar-refractivity contribution in [2.24, 2.45) is 0 Å². The van der Waals surface area contributed by atoms with Gasteiger partial charge in [-0.15, -0.1) is 0 Å². The summed E-state index contributed by atoms with van der Waals surface area (Å²) in [6, 6.07) is 6.19. The average molecular weight is 349 g/mol. The van der Waals surface area contributed by atoms with Crippen LogP contribution in [0.3, 0.4) is 0 Å². The maximum absolute atomic E-state index is 13.6. The molecule has 2 rings (SSSR count). The molecule has 112 valence electrons. The molecule has 0 aliphatic heterocycles. The Morgan fingerprint density at radius 3 is 2.52 bits per heavy atom. The van der Waals surface area contributed by atoms with E-state index >= 15 is 0 Å². The van der Waals surface area contributed by atoms with Crippen LogP contribution >= 0.6 is 23.2 Å². The summed E-state index contributed by atoms with van der Waals surface area (Å²) >= 11 is 11.7. The summed E-state index contributed by atoms with van der Waals surface area (Å²) in [7, 11) is -4.08. The summed E-state index contributed by atoms with van der Waals surface area (Å²) in [6.07, 6.45) is 0. The highest BCUT2D eigenvalue weighted by Gasteiger charge is 2.21. The molecule has 0 unspecified atom stereocenters. The highest BCUT2D eigenvalue weighted by Crippen LogP contribution is 2.29. The maximum atomic E-state index is 13.6. The molecule has 0 aromatic heterocycles. The van der Waals surface area contributed by atoms with Crippen LogP contribution in [0.4, 0.5) is 15.8 Å². The molecule has 0 saturated heterocycles. The minimum Gasteiger partial charge on any atom is -0.398 e. The zero-order chi connectivity index (χ0) is 15.8. The van der Waals surface area contributed by atoms with Gasteiger partial charge in [-0.05, 0) is 42.8 Å². The Labute approximate surface area is 131 Å². The Balaban J connectivity index is 2.48. The molecule has 0 aliphatic carbocycles. The largest absolute Gasteiger partial charge is 0.398 e. The monoisotopic (exact) mass is 348 g/mol. The van der Waals surface area contributed by atoms with Gasteiger partial charge in [0, 0.05) is 10.7 Å². The number of hydrogen-bond donors (Lipinski definition) is 2. The molecule has 4 nitrogen and oxygen atoms in total. The van der Waals surface area contributed by atoms with Crippen LogP contribution in [0.15, 0.2) is 35.2 Å². The predicted octanol–water partition coefficient (Wildman–Crippen LogP) is 3.82. The fraction of sp³-hybridized carbons (Fsp3) is 0.0769. The van der Waals surface area contributed by atoms with Gasteiger partial charge in [-0.25, -0.2) is 12.8 Å². The van der Waals surface area contributed by atoms with E-state index in [2.05, 4.69) is 4.72 Å². The van der Waals surface area contributed by atoms with Gasteiger partial charge in [0.25, 0.3) is 10.0 Å². The van der Waals surface area contributed by atoms with E-state index in [1.807, 2.05) is 0 Å². The first-order valence-electron chi connectivity index (χ1n) is 5.74. The summed E-state index contributed by atoms with van der Waals surface area (Å²) in [5.41, 5.74) is 6.34. The predicted molar refractivity (Wildman–Crippen MR) is 82.8 cm³/mol. The topological polar surface area (TPSA) is 72.2 Å². The molecule has 8 heteroatoms. The minimum absolute atomic E-state index is 0.00311. The van der Waals surface area contributed by atoms with Gasteiger partial charge in [-0.1, -0.05) is 23.2 Å². The van der Waals surface area contributed by atoms with Crippen LogP contribution in [0.25, 0.3) is 0 Å². The number of hydrogen-bond acceptors (Lipinski definition) is 3. The zero-order valence-electron chi connectivity index (χ0n) is 10.8. The van der Waals surface area contributed by atoms with E-state index in [9.17, 15) is 12.8 Å². The lowest BCUT2D eigenvalue weighted by Crippen LogP contribution is -2.15. The number of benzene rings is 2. The quantitative estimate of drug-likeness (QED) is 0.828. The van der Waals surface area contributed by atoms with Gasteiger partial charge >= 0.3 is 0 Å². The van der Waals surface area contributed by atoms with Crippen molar-refractivity contribution < 1.29 is 12.8 Å². The summed E-state index contributed by atoms with van der Waals surface area (Å²) in [6.45, 7) is 1.70. The molecule has 3 N–H and O–H groups in total. The van der Waals surface area contributed by atoms with Gasteiger partial charge in [0.1, 0.15) is 10.7 Å². The molecule has 2 aromatic rings. The van der Waals surface area contributed by atoms with Crippen LogP contribution in [0.2, 0.25) is 10.0 Å². The molecule has 0 amide bonds. The third-order valence-corrected chi connectivity index (χ3v) is 4.85. The van der Waals surface area contributed by atoms with Gasteiger partial charge in [0.2, 0.25) is 0 Å².